The zero-order valence-electron chi connectivity index (χ0n) is 41.8. The van der Waals surface area contributed by atoms with E-state index in [0.717, 1.165) is 50.4 Å². The highest BCUT2D eigenvalue weighted by molar-refractivity contribution is 7.00. The molecule has 13 rings (SSSR count). The molecule has 338 valence electrons. The van der Waals surface area contributed by atoms with Crippen molar-refractivity contribution in [3.63, 3.8) is 0 Å². The maximum absolute atomic E-state index is 7.19. The van der Waals surface area contributed by atoms with Gasteiger partial charge in [-0.15, -0.1) is 0 Å². The van der Waals surface area contributed by atoms with E-state index in [2.05, 4.69) is 242 Å². The number of aromatic nitrogens is 1. The number of rotatable bonds is 4. The van der Waals surface area contributed by atoms with Gasteiger partial charge in [0, 0.05) is 72.5 Å². The molecule has 0 radical (unpaired) electrons. The molecule has 0 atom stereocenters. The Kier molecular flexibility index (Phi) is 8.61. The lowest BCUT2D eigenvalue weighted by atomic mass is 9.33. The monoisotopic (exact) mass is 895 g/mol. The number of fused-ring (bicyclic) bond motifs is 12. The molecule has 3 aliphatic rings. The normalized spacial score (nSPS) is 14.4. The quantitative estimate of drug-likeness (QED) is 0.165. The average molecular weight is 896 g/mol. The number of hydrogen-bond acceptors (Lipinski definition) is 3. The molecule has 0 fully saturated rings. The van der Waals surface area contributed by atoms with Crippen molar-refractivity contribution >= 4 is 90.1 Å². The van der Waals surface area contributed by atoms with Crippen LogP contribution in [0.2, 0.25) is 0 Å². The minimum atomic E-state index is -0.227. The van der Waals surface area contributed by atoms with Gasteiger partial charge in [0.1, 0.15) is 5.58 Å². The molecule has 8 aromatic carbocycles. The second kappa shape index (κ2) is 14.2. The molecule has 0 amide bonds. The second-order valence-electron chi connectivity index (χ2n) is 22.8. The predicted molar refractivity (Wildman–Crippen MR) is 294 cm³/mol. The highest BCUT2D eigenvalue weighted by Crippen LogP contribution is 2.55. The van der Waals surface area contributed by atoms with Crippen molar-refractivity contribution in [1.82, 2.24) is 4.57 Å². The van der Waals surface area contributed by atoms with Crippen LogP contribution in [-0.4, -0.2) is 11.3 Å². The van der Waals surface area contributed by atoms with Crippen molar-refractivity contribution < 1.29 is 4.42 Å². The molecule has 5 heteroatoms. The molecular weight excluding hydrogens is 838 g/mol. The van der Waals surface area contributed by atoms with Crippen molar-refractivity contribution in [2.75, 3.05) is 9.80 Å². The third kappa shape index (κ3) is 5.83. The van der Waals surface area contributed by atoms with Crippen LogP contribution in [0.25, 0.3) is 49.7 Å². The van der Waals surface area contributed by atoms with E-state index in [-0.39, 0.29) is 23.0 Å². The van der Waals surface area contributed by atoms with E-state index in [9.17, 15) is 0 Å². The van der Waals surface area contributed by atoms with Crippen LogP contribution in [0, 0.1) is 20.8 Å². The molecule has 69 heavy (non-hydrogen) atoms. The lowest BCUT2D eigenvalue weighted by Gasteiger charge is -2.42. The molecule has 0 saturated carbocycles. The smallest absolute Gasteiger partial charge is 0.252 e. The van der Waals surface area contributed by atoms with Gasteiger partial charge in [0.2, 0.25) is 0 Å². The summed E-state index contributed by atoms with van der Waals surface area (Å²) in [6, 6.07) is 57.6. The first-order valence-electron chi connectivity index (χ1n) is 24.8. The predicted octanol–water partition coefficient (Wildman–Crippen LogP) is 15.4. The second-order valence-corrected chi connectivity index (χ2v) is 22.8. The van der Waals surface area contributed by atoms with Crippen molar-refractivity contribution in [2.24, 2.45) is 0 Å². The Balaban J connectivity index is 1.17. The Labute approximate surface area is 406 Å². The van der Waals surface area contributed by atoms with E-state index in [1.807, 2.05) is 0 Å². The van der Waals surface area contributed by atoms with E-state index in [0.29, 0.717) is 0 Å². The lowest BCUT2D eigenvalue weighted by molar-refractivity contribution is 0.587. The first-order valence-corrected chi connectivity index (χ1v) is 24.8. The molecule has 2 aromatic heterocycles. The average Bonchev–Trinajstić information content (AvgIpc) is 3.95. The Bertz CT molecular complexity index is 3800. The zero-order valence-corrected chi connectivity index (χ0v) is 41.8. The summed E-state index contributed by atoms with van der Waals surface area (Å²) in [6.07, 6.45) is 0. The molecule has 1 aliphatic carbocycles. The number of hydrogen-bond donors (Lipinski definition) is 0. The third-order valence-electron chi connectivity index (χ3n) is 15.9. The van der Waals surface area contributed by atoms with Gasteiger partial charge >= 0.3 is 0 Å². The minimum absolute atomic E-state index is 0.0168. The summed E-state index contributed by atoms with van der Waals surface area (Å²) in [5.41, 5.74) is 26.7. The molecule has 0 unspecified atom stereocenters. The van der Waals surface area contributed by atoms with E-state index >= 15 is 0 Å². The molecule has 0 bridgehead atoms. The summed E-state index contributed by atoms with van der Waals surface area (Å²) in [7, 11) is 0. The fraction of sp³-hybridized carbons (Fsp3) is 0.219. The molecule has 2 aliphatic heterocycles. The topological polar surface area (TPSA) is 24.6 Å². The lowest BCUT2D eigenvalue weighted by Crippen LogP contribution is -2.61. The van der Waals surface area contributed by atoms with Gasteiger partial charge in [0.25, 0.3) is 6.71 Å². The molecular formula is C64H58BN3O. The zero-order chi connectivity index (χ0) is 47.6. The Morgan fingerprint density at radius 3 is 1.94 bits per heavy atom. The molecule has 0 spiro atoms. The standard InChI is InChI=1S/C64H58BN3O/c1-37-31-54-58-55(32-37)68-59-46(57-45-21-14-15-23-47(45)64(10,11)61(57)68)33-41(63(7,8)9)34-49(59)65(58)48-30-28-42(66(50-24-16-12-19-38(50)2)51-25-17-13-20-39(51)3)36-53(48)67(54)52-26-18-22-44-43-29-27-40(62(4,5)6)35-56(43)69-60(44)52/h12-36H,1-11H3. The van der Waals surface area contributed by atoms with Crippen LogP contribution < -0.4 is 26.2 Å². The van der Waals surface area contributed by atoms with Gasteiger partial charge in [-0.25, -0.2) is 0 Å². The first-order chi connectivity index (χ1) is 33.0. The summed E-state index contributed by atoms with van der Waals surface area (Å²) in [6.45, 7) is 25.5. The van der Waals surface area contributed by atoms with Gasteiger partial charge in [-0.3, -0.25) is 0 Å². The van der Waals surface area contributed by atoms with Gasteiger partial charge in [0.05, 0.1) is 5.69 Å². The van der Waals surface area contributed by atoms with Crippen LogP contribution in [0.4, 0.5) is 34.1 Å². The summed E-state index contributed by atoms with van der Waals surface area (Å²) < 4.78 is 9.88. The molecule has 10 aromatic rings. The van der Waals surface area contributed by atoms with Gasteiger partial charge in [-0.1, -0.05) is 152 Å². The van der Waals surface area contributed by atoms with Gasteiger partial charge in [0.15, 0.2) is 5.58 Å². The van der Waals surface area contributed by atoms with E-state index in [1.54, 1.807) is 0 Å². The van der Waals surface area contributed by atoms with Crippen molar-refractivity contribution in [3.05, 3.63) is 191 Å². The Hall–Kier alpha value is -7.24. The molecule has 0 N–H and O–H groups in total. The van der Waals surface area contributed by atoms with E-state index in [4.69, 9.17) is 4.42 Å². The molecule has 0 saturated heterocycles. The van der Waals surface area contributed by atoms with Crippen LogP contribution in [-0.2, 0) is 16.2 Å². The highest BCUT2D eigenvalue weighted by atomic mass is 16.3. The SMILES string of the molecule is Cc1cc2c3c(c1)-n1c4c(c5cc(C(C)(C)C)cc(c51)B3c1ccc(N(c3ccccc3C)c3ccccc3C)cc1N2c1cccc2c1oc1cc(C(C)(C)C)ccc12)-c1ccccc1C4(C)C. The van der Waals surface area contributed by atoms with Crippen LogP contribution in [0.5, 0.6) is 0 Å². The van der Waals surface area contributed by atoms with E-state index in [1.165, 1.54) is 88.9 Å². The van der Waals surface area contributed by atoms with Crippen molar-refractivity contribution in [1.29, 1.82) is 0 Å². The fourth-order valence-corrected chi connectivity index (χ4v) is 12.4. The van der Waals surface area contributed by atoms with Gasteiger partial charge < -0.3 is 18.8 Å². The van der Waals surface area contributed by atoms with E-state index < -0.39 is 0 Å². The minimum Gasteiger partial charge on any atom is -0.454 e. The fourth-order valence-electron chi connectivity index (χ4n) is 12.4. The Morgan fingerprint density at radius 2 is 1.23 bits per heavy atom. The maximum Gasteiger partial charge on any atom is 0.252 e. The largest absolute Gasteiger partial charge is 0.454 e. The van der Waals surface area contributed by atoms with Gasteiger partial charge in [-0.2, -0.15) is 0 Å². The van der Waals surface area contributed by atoms with Gasteiger partial charge in [-0.05, 0) is 142 Å². The number of nitrogens with zero attached hydrogens (tertiary/aromatic N) is 3. The number of aryl methyl sites for hydroxylation is 3. The first kappa shape index (κ1) is 41.9. The van der Waals surface area contributed by atoms with Crippen molar-refractivity contribution in [3.8, 4) is 16.8 Å². The molecule has 4 nitrogen and oxygen atoms in total. The number of furan rings is 1. The number of para-hydroxylation sites is 3. The summed E-state index contributed by atoms with van der Waals surface area (Å²) in [5.74, 6) is 0. The highest BCUT2D eigenvalue weighted by Gasteiger charge is 2.48. The molecule has 4 heterocycles. The summed E-state index contributed by atoms with van der Waals surface area (Å²) in [5, 5.41) is 3.61. The van der Waals surface area contributed by atoms with Crippen LogP contribution in [0.15, 0.2) is 156 Å². The van der Waals surface area contributed by atoms with Crippen LogP contribution in [0.3, 0.4) is 0 Å². The summed E-state index contributed by atoms with van der Waals surface area (Å²) >= 11 is 0. The van der Waals surface area contributed by atoms with Crippen LogP contribution in [0.1, 0.15) is 94.5 Å². The summed E-state index contributed by atoms with van der Waals surface area (Å²) in [4.78, 5) is 5.02. The van der Waals surface area contributed by atoms with Crippen LogP contribution >= 0.6 is 0 Å². The third-order valence-corrected chi connectivity index (χ3v) is 15.9. The number of anilines is 6. The maximum atomic E-state index is 7.19. The number of benzene rings is 8. The Morgan fingerprint density at radius 1 is 0.551 bits per heavy atom. The van der Waals surface area contributed by atoms with Crippen molar-refractivity contribution in [2.45, 2.75) is 92.4 Å².